The van der Waals surface area contributed by atoms with Gasteiger partial charge in [-0.05, 0) is 30.5 Å². The van der Waals surface area contributed by atoms with Crippen LogP contribution < -0.4 is 10.1 Å². The molecule has 1 aromatic rings. The van der Waals surface area contributed by atoms with Gasteiger partial charge in [0.2, 0.25) is 5.91 Å². The van der Waals surface area contributed by atoms with Crippen LogP contribution in [0.5, 0.6) is 5.75 Å². The molecule has 166 valence electrons. The Morgan fingerprint density at radius 2 is 2.27 bits per heavy atom. The van der Waals surface area contributed by atoms with E-state index in [1.807, 2.05) is 13.0 Å². The highest BCUT2D eigenvalue weighted by molar-refractivity contribution is 5.75. The Kier molecular flexibility index (Phi) is 7.25. The van der Waals surface area contributed by atoms with E-state index in [2.05, 4.69) is 15.0 Å². The lowest BCUT2D eigenvalue weighted by molar-refractivity contribution is -0.123. The fourth-order valence-electron chi connectivity index (χ4n) is 5.12. The molecule has 30 heavy (non-hydrogen) atoms. The Morgan fingerprint density at radius 1 is 1.50 bits per heavy atom. The summed E-state index contributed by atoms with van der Waals surface area (Å²) in [5.74, 6) is 1.04. The van der Waals surface area contributed by atoms with Crippen LogP contribution in [0.15, 0.2) is 24.3 Å². The number of nitrogens with one attached hydrogen (secondary N) is 1. The second-order valence-electron chi connectivity index (χ2n) is 7.99. The number of halogens is 2. The first-order valence-corrected chi connectivity index (χ1v) is 10.2. The normalized spacial score (nSPS) is 29.3. The number of hydrogen-bond acceptors (Lipinski definition) is 5. The van der Waals surface area contributed by atoms with Gasteiger partial charge in [0.05, 0.1) is 11.7 Å². The average molecular weight is 426 g/mol. The van der Waals surface area contributed by atoms with E-state index in [1.165, 1.54) is 0 Å². The number of rotatable bonds is 7. The molecule has 1 spiro atoms. The molecule has 0 radical (unpaired) electrons. The lowest BCUT2D eigenvalue weighted by Crippen LogP contribution is -2.41. The number of carboxylic acid groups (broad SMARTS) is 1. The molecule has 1 aromatic carbocycles. The third-order valence-electron chi connectivity index (χ3n) is 6.24. The van der Waals surface area contributed by atoms with Gasteiger partial charge in [-0.2, -0.15) is 8.78 Å². The van der Waals surface area contributed by atoms with Crippen molar-refractivity contribution in [2.24, 2.45) is 11.8 Å². The summed E-state index contributed by atoms with van der Waals surface area (Å²) in [5, 5.41) is 9.92. The lowest BCUT2D eigenvalue weighted by atomic mass is 9.73. The fourth-order valence-corrected chi connectivity index (χ4v) is 5.12. The maximum atomic E-state index is 12.4. The van der Waals surface area contributed by atoms with Crippen molar-refractivity contribution in [1.82, 2.24) is 10.2 Å². The van der Waals surface area contributed by atoms with Gasteiger partial charge < -0.3 is 19.9 Å². The standard InChI is InChI=1S/C20H26F2N2O3.CH2O2/c1-2-18(25)23-9-15-16-11-24(12-20(16)7-6-17(15)27-20)10-13-4-3-5-14(8-13)26-19(21)22;2-1-3/h3-5,8,15-17,19H,2,6-7,9-12H2,1H3,(H,23,25);1H,(H,2,3)/t15-,16+,17+,20+;/m0./s1. The van der Waals surface area contributed by atoms with Crippen LogP contribution in [-0.4, -0.2) is 60.3 Å². The van der Waals surface area contributed by atoms with Gasteiger partial charge in [0, 0.05) is 44.4 Å². The molecule has 2 bridgehead atoms. The first-order chi connectivity index (χ1) is 14.4. The minimum atomic E-state index is -2.81. The van der Waals surface area contributed by atoms with E-state index < -0.39 is 6.61 Å². The Hall–Kier alpha value is -2.26. The Balaban J connectivity index is 0.000000806. The van der Waals surface area contributed by atoms with Gasteiger partial charge in [-0.25, -0.2) is 0 Å². The fraction of sp³-hybridized carbons (Fsp3) is 0.619. The molecule has 9 heteroatoms. The van der Waals surface area contributed by atoms with E-state index in [-0.39, 0.29) is 29.8 Å². The van der Waals surface area contributed by atoms with Crippen LogP contribution in [0.25, 0.3) is 0 Å². The molecule has 3 aliphatic rings. The summed E-state index contributed by atoms with van der Waals surface area (Å²) in [7, 11) is 0. The molecular formula is C21H28F2N2O5. The number of amides is 1. The molecule has 1 amide bonds. The van der Waals surface area contributed by atoms with Crippen LogP contribution in [0.2, 0.25) is 0 Å². The van der Waals surface area contributed by atoms with Crippen molar-refractivity contribution in [3.63, 3.8) is 0 Å². The highest BCUT2D eigenvalue weighted by Gasteiger charge is 2.62. The zero-order chi connectivity index (χ0) is 21.7. The Bertz CT molecular complexity index is 750. The minimum absolute atomic E-state index is 0.0810. The number of hydrogen-bond donors (Lipinski definition) is 2. The quantitative estimate of drug-likeness (QED) is 0.652. The number of nitrogens with zero attached hydrogens (tertiary/aromatic N) is 1. The molecule has 3 heterocycles. The lowest BCUT2D eigenvalue weighted by Gasteiger charge is -2.29. The van der Waals surface area contributed by atoms with Gasteiger partial charge in [0.1, 0.15) is 5.75 Å². The van der Waals surface area contributed by atoms with Gasteiger partial charge in [-0.3, -0.25) is 14.5 Å². The first kappa shape index (κ1) is 22.4. The molecule has 0 unspecified atom stereocenters. The molecule has 0 saturated carbocycles. The van der Waals surface area contributed by atoms with E-state index >= 15 is 0 Å². The summed E-state index contributed by atoms with van der Waals surface area (Å²) in [6.07, 6.45) is 2.86. The monoisotopic (exact) mass is 426 g/mol. The zero-order valence-corrected chi connectivity index (χ0v) is 16.9. The molecular weight excluding hydrogens is 398 g/mol. The van der Waals surface area contributed by atoms with Crippen molar-refractivity contribution in [2.45, 2.75) is 51.0 Å². The van der Waals surface area contributed by atoms with Gasteiger partial charge in [-0.15, -0.1) is 0 Å². The number of likely N-dealkylation sites (tertiary alicyclic amines) is 1. The number of fused-ring (bicyclic) bond motifs is 1. The van der Waals surface area contributed by atoms with Crippen molar-refractivity contribution in [3.8, 4) is 5.75 Å². The van der Waals surface area contributed by atoms with E-state index in [1.54, 1.807) is 18.2 Å². The molecule has 3 aliphatic heterocycles. The smallest absolute Gasteiger partial charge is 0.387 e. The van der Waals surface area contributed by atoms with E-state index in [0.717, 1.165) is 31.5 Å². The molecule has 4 atom stereocenters. The van der Waals surface area contributed by atoms with Gasteiger partial charge in [-0.1, -0.05) is 19.1 Å². The summed E-state index contributed by atoms with van der Waals surface area (Å²) in [6, 6.07) is 6.90. The second-order valence-corrected chi connectivity index (χ2v) is 7.99. The van der Waals surface area contributed by atoms with Crippen molar-refractivity contribution in [1.29, 1.82) is 0 Å². The Morgan fingerprint density at radius 3 is 2.97 bits per heavy atom. The third-order valence-corrected chi connectivity index (χ3v) is 6.24. The number of carbonyl (C=O) groups is 2. The maximum Gasteiger partial charge on any atom is 0.387 e. The van der Waals surface area contributed by atoms with Crippen molar-refractivity contribution >= 4 is 12.4 Å². The summed E-state index contributed by atoms with van der Waals surface area (Å²) >= 11 is 0. The zero-order valence-electron chi connectivity index (χ0n) is 16.9. The highest BCUT2D eigenvalue weighted by Crippen LogP contribution is 2.54. The van der Waals surface area contributed by atoms with E-state index in [0.29, 0.717) is 31.3 Å². The van der Waals surface area contributed by atoms with Crippen LogP contribution in [0.4, 0.5) is 8.78 Å². The first-order valence-electron chi connectivity index (χ1n) is 10.2. The van der Waals surface area contributed by atoms with E-state index in [9.17, 15) is 13.6 Å². The van der Waals surface area contributed by atoms with Crippen LogP contribution in [0.1, 0.15) is 31.7 Å². The number of alkyl halides is 2. The van der Waals surface area contributed by atoms with Crippen molar-refractivity contribution in [2.75, 3.05) is 19.6 Å². The summed E-state index contributed by atoms with van der Waals surface area (Å²) in [6.45, 7) is 1.91. The highest BCUT2D eigenvalue weighted by atomic mass is 19.3. The minimum Gasteiger partial charge on any atom is -0.483 e. The predicted octanol–water partition coefficient (Wildman–Crippen LogP) is 2.49. The molecule has 0 aliphatic carbocycles. The molecule has 4 rings (SSSR count). The van der Waals surface area contributed by atoms with Crippen LogP contribution in [0, 0.1) is 11.8 Å². The van der Waals surface area contributed by atoms with Gasteiger partial charge in [0.15, 0.2) is 0 Å². The third kappa shape index (κ3) is 4.89. The molecule has 2 N–H and O–H groups in total. The SMILES string of the molecule is CCC(=O)NC[C@H]1[C@H]2CN(Cc3cccc(OC(F)F)c3)C[C@]23CC[C@H]1O3.O=CO. The average Bonchev–Trinajstić information content (AvgIpc) is 3.34. The summed E-state index contributed by atoms with van der Waals surface area (Å²) < 4.78 is 35.8. The summed E-state index contributed by atoms with van der Waals surface area (Å²) in [4.78, 5) is 22.3. The largest absolute Gasteiger partial charge is 0.483 e. The second kappa shape index (κ2) is 9.70. The topological polar surface area (TPSA) is 88.1 Å². The van der Waals surface area contributed by atoms with Gasteiger partial charge >= 0.3 is 6.61 Å². The predicted molar refractivity (Wildman–Crippen MR) is 104 cm³/mol. The van der Waals surface area contributed by atoms with Crippen LogP contribution in [-0.2, 0) is 20.9 Å². The van der Waals surface area contributed by atoms with Crippen LogP contribution in [0.3, 0.4) is 0 Å². The number of benzene rings is 1. The Labute approximate surface area is 174 Å². The van der Waals surface area contributed by atoms with Crippen molar-refractivity contribution in [3.05, 3.63) is 29.8 Å². The van der Waals surface area contributed by atoms with E-state index in [4.69, 9.17) is 14.6 Å². The number of ether oxygens (including phenoxy) is 2. The molecule has 0 aromatic heterocycles. The van der Waals surface area contributed by atoms with Crippen molar-refractivity contribution < 1.29 is 33.0 Å². The number of carbonyl (C=O) groups excluding carboxylic acids is 1. The molecule has 3 fully saturated rings. The van der Waals surface area contributed by atoms with Crippen LogP contribution >= 0.6 is 0 Å². The summed E-state index contributed by atoms with van der Waals surface area (Å²) in [5.41, 5.74) is 0.846. The molecule has 3 saturated heterocycles. The van der Waals surface area contributed by atoms with Gasteiger partial charge in [0.25, 0.3) is 6.47 Å². The molecule has 7 nitrogen and oxygen atoms in total. The maximum absolute atomic E-state index is 12.4.